The van der Waals surface area contributed by atoms with Gasteiger partial charge in [-0.2, -0.15) is 5.10 Å². The topological polar surface area (TPSA) is 67.1 Å². The van der Waals surface area contributed by atoms with Crippen LogP contribution in [-0.2, 0) is 19.0 Å². The molecule has 3 rings (SSSR count). The Balaban J connectivity index is 1.66. The lowest BCUT2D eigenvalue weighted by Crippen LogP contribution is -2.41. The molecule has 0 spiro atoms. The molecule has 2 aromatic rings. The summed E-state index contributed by atoms with van der Waals surface area (Å²) in [5, 5.41) is 10.9. The normalized spacial score (nSPS) is 16.0. The lowest BCUT2D eigenvalue weighted by Gasteiger charge is -2.20. The van der Waals surface area contributed by atoms with E-state index in [1.807, 2.05) is 7.05 Å². The van der Waals surface area contributed by atoms with Crippen molar-refractivity contribution in [1.29, 1.82) is 0 Å². The van der Waals surface area contributed by atoms with E-state index in [4.69, 9.17) is 0 Å². The number of rotatable bonds is 6. The lowest BCUT2D eigenvalue weighted by atomic mass is 9.96. The standard InChI is InChI=1S/C17H23BrN6/c1-3-19-16(20-10-15-22-12-23-24(15)2)21-11-17(8-9-17)13-6-4-5-7-14(13)18/h4-7,12H,3,8-11H2,1-2H3,(H2,19,20,21). The number of nitrogens with one attached hydrogen (secondary N) is 2. The Morgan fingerprint density at radius 3 is 2.75 bits per heavy atom. The number of guanidine groups is 1. The zero-order valence-corrected chi connectivity index (χ0v) is 15.7. The molecule has 0 saturated heterocycles. The van der Waals surface area contributed by atoms with Crippen molar-refractivity contribution < 1.29 is 0 Å². The predicted molar refractivity (Wildman–Crippen MR) is 98.9 cm³/mol. The molecule has 1 aliphatic rings. The number of aryl methyl sites for hydroxylation is 1. The fraction of sp³-hybridized carbons (Fsp3) is 0.471. The van der Waals surface area contributed by atoms with Gasteiger partial charge in [0.2, 0.25) is 0 Å². The number of hydrogen-bond acceptors (Lipinski definition) is 3. The first-order valence-corrected chi connectivity index (χ1v) is 9.04. The van der Waals surface area contributed by atoms with Crippen LogP contribution in [0.25, 0.3) is 0 Å². The third-order valence-corrected chi connectivity index (χ3v) is 5.11. The van der Waals surface area contributed by atoms with Gasteiger partial charge in [-0.05, 0) is 31.4 Å². The minimum absolute atomic E-state index is 0.209. The molecule has 0 unspecified atom stereocenters. The van der Waals surface area contributed by atoms with Gasteiger partial charge in [-0.1, -0.05) is 34.1 Å². The quantitative estimate of drug-likeness (QED) is 0.586. The van der Waals surface area contributed by atoms with E-state index >= 15 is 0 Å². The molecular formula is C17H23BrN6. The molecule has 0 radical (unpaired) electrons. The smallest absolute Gasteiger partial charge is 0.191 e. The highest BCUT2D eigenvalue weighted by atomic mass is 79.9. The first-order valence-electron chi connectivity index (χ1n) is 8.25. The first kappa shape index (κ1) is 17.0. The number of aliphatic imine (C=N–C) groups is 1. The van der Waals surface area contributed by atoms with Crippen molar-refractivity contribution in [2.45, 2.75) is 31.7 Å². The summed E-state index contributed by atoms with van der Waals surface area (Å²) in [6.45, 7) is 4.28. The molecule has 1 heterocycles. The lowest BCUT2D eigenvalue weighted by molar-refractivity contribution is 0.640. The van der Waals surface area contributed by atoms with Crippen molar-refractivity contribution in [3.8, 4) is 0 Å². The molecule has 1 aromatic heterocycles. The Hall–Kier alpha value is -1.89. The third kappa shape index (κ3) is 3.77. The number of benzene rings is 1. The summed E-state index contributed by atoms with van der Waals surface area (Å²) >= 11 is 3.68. The van der Waals surface area contributed by atoms with Crippen LogP contribution >= 0.6 is 15.9 Å². The number of hydrogen-bond donors (Lipinski definition) is 2. The second-order valence-electron chi connectivity index (χ2n) is 6.11. The van der Waals surface area contributed by atoms with Crippen molar-refractivity contribution in [2.75, 3.05) is 13.1 Å². The van der Waals surface area contributed by atoms with Gasteiger partial charge in [-0.15, -0.1) is 0 Å². The van der Waals surface area contributed by atoms with Gasteiger partial charge in [0.25, 0.3) is 0 Å². The van der Waals surface area contributed by atoms with E-state index in [2.05, 4.69) is 72.8 Å². The van der Waals surface area contributed by atoms with Crippen LogP contribution < -0.4 is 10.6 Å². The summed E-state index contributed by atoms with van der Waals surface area (Å²) in [6, 6.07) is 8.49. The molecule has 0 amide bonds. The molecule has 128 valence electrons. The van der Waals surface area contributed by atoms with Crippen LogP contribution in [0.3, 0.4) is 0 Å². The van der Waals surface area contributed by atoms with Gasteiger partial charge >= 0.3 is 0 Å². The third-order valence-electron chi connectivity index (χ3n) is 4.42. The van der Waals surface area contributed by atoms with E-state index in [0.29, 0.717) is 6.54 Å². The highest BCUT2D eigenvalue weighted by Gasteiger charge is 2.45. The van der Waals surface area contributed by atoms with Crippen LogP contribution in [0.4, 0.5) is 0 Å². The molecular weight excluding hydrogens is 368 g/mol. The number of nitrogens with zero attached hydrogens (tertiary/aromatic N) is 4. The number of aromatic nitrogens is 3. The van der Waals surface area contributed by atoms with Crippen LogP contribution in [-0.4, -0.2) is 33.8 Å². The van der Waals surface area contributed by atoms with E-state index < -0.39 is 0 Å². The SMILES string of the molecule is CCNC(=NCc1ncnn1C)NCC1(c2ccccc2Br)CC1. The van der Waals surface area contributed by atoms with Gasteiger partial charge < -0.3 is 10.6 Å². The van der Waals surface area contributed by atoms with E-state index in [0.717, 1.165) is 24.9 Å². The highest BCUT2D eigenvalue weighted by molar-refractivity contribution is 9.10. The van der Waals surface area contributed by atoms with Crippen molar-refractivity contribution in [2.24, 2.45) is 12.0 Å². The molecule has 2 N–H and O–H groups in total. The summed E-state index contributed by atoms with van der Waals surface area (Å²) < 4.78 is 2.93. The van der Waals surface area contributed by atoms with Crippen molar-refractivity contribution in [1.82, 2.24) is 25.4 Å². The van der Waals surface area contributed by atoms with Crippen molar-refractivity contribution in [3.05, 3.63) is 46.5 Å². The van der Waals surface area contributed by atoms with Crippen molar-refractivity contribution in [3.63, 3.8) is 0 Å². The minimum atomic E-state index is 0.209. The maximum Gasteiger partial charge on any atom is 0.191 e. The van der Waals surface area contributed by atoms with E-state index in [1.165, 1.54) is 22.9 Å². The van der Waals surface area contributed by atoms with Crippen LogP contribution in [0.5, 0.6) is 0 Å². The predicted octanol–water partition coefficient (Wildman–Crippen LogP) is 2.36. The largest absolute Gasteiger partial charge is 0.357 e. The minimum Gasteiger partial charge on any atom is -0.357 e. The van der Waals surface area contributed by atoms with Crippen molar-refractivity contribution >= 4 is 21.9 Å². The molecule has 6 nitrogen and oxygen atoms in total. The zero-order valence-electron chi connectivity index (χ0n) is 14.1. The van der Waals surface area contributed by atoms with Gasteiger partial charge in [-0.3, -0.25) is 4.68 Å². The molecule has 0 aliphatic heterocycles. The molecule has 1 saturated carbocycles. The molecule has 0 atom stereocenters. The summed E-state index contributed by atoms with van der Waals surface area (Å²) in [5.74, 6) is 1.66. The van der Waals surface area contributed by atoms with E-state index in [-0.39, 0.29) is 5.41 Å². The van der Waals surface area contributed by atoms with Gasteiger partial charge in [0, 0.05) is 30.0 Å². The molecule has 1 aromatic carbocycles. The van der Waals surface area contributed by atoms with Crippen LogP contribution in [0, 0.1) is 0 Å². The van der Waals surface area contributed by atoms with Gasteiger partial charge in [0.15, 0.2) is 5.96 Å². The summed E-state index contributed by atoms with van der Waals surface area (Å²) in [4.78, 5) is 8.83. The molecule has 24 heavy (non-hydrogen) atoms. The van der Waals surface area contributed by atoms with E-state index in [1.54, 1.807) is 11.0 Å². The summed E-state index contributed by atoms with van der Waals surface area (Å²) in [5.41, 5.74) is 1.59. The average Bonchev–Trinajstić information content (AvgIpc) is 3.26. The maximum absolute atomic E-state index is 4.62. The Kier molecular flexibility index (Phi) is 5.18. The van der Waals surface area contributed by atoms with Gasteiger partial charge in [0.05, 0.1) is 0 Å². The van der Waals surface area contributed by atoms with Gasteiger partial charge in [0.1, 0.15) is 18.7 Å². The van der Waals surface area contributed by atoms with E-state index in [9.17, 15) is 0 Å². The molecule has 1 fully saturated rings. The monoisotopic (exact) mass is 390 g/mol. The first-order chi connectivity index (χ1) is 11.6. The Morgan fingerprint density at radius 2 is 2.12 bits per heavy atom. The summed E-state index contributed by atoms with van der Waals surface area (Å²) in [6.07, 6.45) is 3.95. The Labute approximate surface area is 150 Å². The second-order valence-corrected chi connectivity index (χ2v) is 6.96. The fourth-order valence-corrected chi connectivity index (χ4v) is 3.50. The molecule has 7 heteroatoms. The second kappa shape index (κ2) is 7.34. The maximum atomic E-state index is 4.62. The van der Waals surface area contributed by atoms with Gasteiger partial charge in [-0.25, -0.2) is 9.98 Å². The zero-order chi connectivity index (χ0) is 17.0. The average molecular weight is 391 g/mol. The molecule has 1 aliphatic carbocycles. The van der Waals surface area contributed by atoms with Crippen LogP contribution in [0.15, 0.2) is 40.1 Å². The molecule has 0 bridgehead atoms. The fourth-order valence-electron chi connectivity index (χ4n) is 2.79. The number of halogens is 1. The highest BCUT2D eigenvalue weighted by Crippen LogP contribution is 2.49. The Morgan fingerprint density at radius 1 is 1.33 bits per heavy atom. The summed E-state index contributed by atoms with van der Waals surface area (Å²) in [7, 11) is 1.88. The van der Waals surface area contributed by atoms with Crippen LogP contribution in [0.2, 0.25) is 0 Å². The van der Waals surface area contributed by atoms with Crippen LogP contribution in [0.1, 0.15) is 31.2 Å². The Bertz CT molecular complexity index is 719.